The maximum atomic E-state index is 12.4. The number of hydrogen-bond acceptors (Lipinski definition) is 4. The van der Waals surface area contributed by atoms with Gasteiger partial charge < -0.3 is 9.63 Å². The highest BCUT2D eigenvalue weighted by Gasteiger charge is 2.38. The quantitative estimate of drug-likeness (QED) is 0.631. The average molecular weight is 265 g/mol. The van der Waals surface area contributed by atoms with E-state index >= 15 is 0 Å². The third-order valence-electron chi connectivity index (χ3n) is 2.17. The number of alkyl halides is 3. The Kier molecular flexibility index (Phi) is 4.46. The topological polar surface area (TPSA) is 80.4 Å². The van der Waals surface area contributed by atoms with Gasteiger partial charge in [0.1, 0.15) is 5.56 Å². The summed E-state index contributed by atoms with van der Waals surface area (Å²) < 4.78 is 41.5. The molecule has 0 radical (unpaired) electrons. The summed E-state index contributed by atoms with van der Waals surface area (Å²) in [5, 5.41) is 11.3. The van der Waals surface area contributed by atoms with Crippen LogP contribution in [0.3, 0.4) is 0 Å². The Labute approximate surface area is 99.6 Å². The van der Waals surface area contributed by atoms with Gasteiger partial charge in [0, 0.05) is 12.8 Å². The van der Waals surface area contributed by atoms with Gasteiger partial charge in [-0.05, 0) is 12.8 Å². The fourth-order valence-electron chi connectivity index (χ4n) is 1.32. The summed E-state index contributed by atoms with van der Waals surface area (Å²) in [6, 6.07) is 0. The van der Waals surface area contributed by atoms with Gasteiger partial charge in [-0.15, -0.1) is 0 Å². The summed E-state index contributed by atoms with van der Waals surface area (Å²) in [6.45, 7) is 0. The zero-order valence-corrected chi connectivity index (χ0v) is 9.16. The van der Waals surface area contributed by atoms with Crippen LogP contribution in [0.5, 0.6) is 0 Å². The zero-order valence-electron chi connectivity index (χ0n) is 9.16. The number of aromatic nitrogens is 1. The molecule has 0 atom stereocenters. The largest absolute Gasteiger partial charge is 0.481 e. The summed E-state index contributed by atoms with van der Waals surface area (Å²) in [4.78, 5) is 21.6. The number of Topliss-reactive ketones (excluding diaryl/α,β-unsaturated/α-hetero) is 1. The lowest BCUT2D eigenvalue weighted by molar-refractivity contribution is -0.138. The Morgan fingerprint density at radius 3 is 2.44 bits per heavy atom. The maximum absolute atomic E-state index is 12.4. The van der Waals surface area contributed by atoms with Gasteiger partial charge in [0.2, 0.25) is 11.5 Å². The smallest absolute Gasteiger partial charge is 0.421 e. The molecule has 18 heavy (non-hydrogen) atoms. The molecule has 1 heterocycles. The van der Waals surface area contributed by atoms with E-state index in [9.17, 15) is 22.8 Å². The van der Waals surface area contributed by atoms with Crippen molar-refractivity contribution in [2.45, 2.75) is 31.9 Å². The number of carbonyl (C=O) groups excluding carboxylic acids is 1. The van der Waals surface area contributed by atoms with Crippen LogP contribution in [0.15, 0.2) is 10.7 Å². The number of aliphatic carboxylic acids is 1. The maximum Gasteiger partial charge on any atom is 0.421 e. The predicted molar refractivity (Wildman–Crippen MR) is 51.9 cm³/mol. The van der Waals surface area contributed by atoms with E-state index in [0.717, 1.165) is 0 Å². The Morgan fingerprint density at radius 2 is 1.89 bits per heavy atom. The van der Waals surface area contributed by atoms with Crippen molar-refractivity contribution in [1.29, 1.82) is 0 Å². The van der Waals surface area contributed by atoms with Gasteiger partial charge in [-0.3, -0.25) is 9.59 Å². The highest BCUT2D eigenvalue weighted by molar-refractivity contribution is 5.94. The molecular formula is C10H10F3NO4. The molecule has 1 aromatic rings. The minimum Gasteiger partial charge on any atom is -0.481 e. The van der Waals surface area contributed by atoms with Gasteiger partial charge in [-0.2, -0.15) is 13.2 Å². The van der Waals surface area contributed by atoms with Crippen LogP contribution >= 0.6 is 0 Å². The number of carbonyl (C=O) groups is 2. The third-order valence-corrected chi connectivity index (χ3v) is 2.17. The van der Waals surface area contributed by atoms with Crippen LogP contribution in [0.1, 0.15) is 41.8 Å². The molecule has 0 bridgehead atoms. The number of nitrogens with zero attached hydrogens (tertiary/aromatic N) is 1. The van der Waals surface area contributed by atoms with Gasteiger partial charge >= 0.3 is 12.1 Å². The highest BCUT2D eigenvalue weighted by atomic mass is 19.4. The molecule has 1 rings (SSSR count). The van der Waals surface area contributed by atoms with Crippen molar-refractivity contribution in [2.24, 2.45) is 0 Å². The molecule has 1 N–H and O–H groups in total. The molecule has 0 aliphatic rings. The van der Waals surface area contributed by atoms with Gasteiger partial charge in [0.25, 0.3) is 0 Å². The molecule has 5 nitrogen and oxygen atoms in total. The van der Waals surface area contributed by atoms with Crippen LogP contribution in [-0.4, -0.2) is 22.0 Å². The molecule has 0 aromatic carbocycles. The number of rotatable bonds is 6. The molecule has 0 saturated carbocycles. The highest BCUT2D eigenvalue weighted by Crippen LogP contribution is 2.32. The fraction of sp³-hybridized carbons (Fsp3) is 0.500. The lowest BCUT2D eigenvalue weighted by Gasteiger charge is -2.04. The van der Waals surface area contributed by atoms with E-state index in [0.29, 0.717) is 6.20 Å². The zero-order chi connectivity index (χ0) is 13.8. The van der Waals surface area contributed by atoms with Gasteiger partial charge in [-0.25, -0.2) is 0 Å². The van der Waals surface area contributed by atoms with Crippen molar-refractivity contribution in [3.63, 3.8) is 0 Å². The molecular weight excluding hydrogens is 255 g/mol. The Bertz CT molecular complexity index is 439. The van der Waals surface area contributed by atoms with Gasteiger partial charge in [0.05, 0.1) is 6.20 Å². The lowest BCUT2D eigenvalue weighted by atomic mass is 10.1. The Morgan fingerprint density at radius 1 is 1.28 bits per heavy atom. The molecule has 0 aliphatic heterocycles. The lowest BCUT2D eigenvalue weighted by Crippen LogP contribution is -2.10. The SMILES string of the molecule is O=C(O)CCCCC(=O)c1oncc1C(F)(F)F. The molecule has 0 fully saturated rings. The number of unbranched alkanes of at least 4 members (excludes halogenated alkanes) is 1. The summed E-state index contributed by atoms with van der Waals surface area (Å²) in [5.41, 5.74) is -1.20. The monoisotopic (exact) mass is 265 g/mol. The van der Waals surface area contributed by atoms with Crippen LogP contribution in [-0.2, 0) is 11.0 Å². The first-order valence-corrected chi connectivity index (χ1v) is 5.09. The van der Waals surface area contributed by atoms with Crippen molar-refractivity contribution in [2.75, 3.05) is 0 Å². The Hall–Kier alpha value is -1.86. The van der Waals surface area contributed by atoms with E-state index in [1.807, 2.05) is 0 Å². The van der Waals surface area contributed by atoms with Crippen LogP contribution < -0.4 is 0 Å². The first-order chi connectivity index (χ1) is 8.32. The van der Waals surface area contributed by atoms with E-state index in [4.69, 9.17) is 5.11 Å². The standard InChI is InChI=1S/C10H10F3NO4/c11-10(12,13)6-5-14-18-9(6)7(15)3-1-2-4-8(16)17/h5H,1-4H2,(H,16,17). The molecule has 1 aromatic heterocycles. The van der Waals surface area contributed by atoms with Crippen LogP contribution in [0, 0.1) is 0 Å². The van der Waals surface area contributed by atoms with Gasteiger partial charge in [-0.1, -0.05) is 5.16 Å². The number of ketones is 1. The molecule has 0 spiro atoms. The van der Waals surface area contributed by atoms with Crippen molar-refractivity contribution in [1.82, 2.24) is 5.16 Å². The van der Waals surface area contributed by atoms with Crippen LogP contribution in [0.4, 0.5) is 13.2 Å². The molecule has 8 heteroatoms. The van der Waals surface area contributed by atoms with E-state index in [-0.39, 0.29) is 25.7 Å². The average Bonchev–Trinajstić information content (AvgIpc) is 2.72. The summed E-state index contributed by atoms with van der Waals surface area (Å²) in [7, 11) is 0. The predicted octanol–water partition coefficient (Wildman–Crippen LogP) is 2.52. The second-order valence-corrected chi connectivity index (χ2v) is 3.59. The molecule has 0 saturated heterocycles. The fourth-order valence-corrected chi connectivity index (χ4v) is 1.32. The first kappa shape index (κ1) is 14.2. The van der Waals surface area contributed by atoms with E-state index < -0.39 is 29.3 Å². The van der Waals surface area contributed by atoms with Crippen molar-refractivity contribution >= 4 is 11.8 Å². The Balaban J connectivity index is 2.57. The van der Waals surface area contributed by atoms with Crippen LogP contribution in [0.2, 0.25) is 0 Å². The summed E-state index contributed by atoms with van der Waals surface area (Å²) in [6.07, 6.45) is -4.17. The first-order valence-electron chi connectivity index (χ1n) is 5.09. The van der Waals surface area contributed by atoms with E-state index in [2.05, 4.69) is 9.68 Å². The van der Waals surface area contributed by atoms with Gasteiger partial charge in [0.15, 0.2) is 0 Å². The van der Waals surface area contributed by atoms with Crippen molar-refractivity contribution in [3.8, 4) is 0 Å². The third kappa shape index (κ3) is 3.86. The van der Waals surface area contributed by atoms with Crippen molar-refractivity contribution in [3.05, 3.63) is 17.5 Å². The molecule has 0 unspecified atom stereocenters. The van der Waals surface area contributed by atoms with E-state index in [1.54, 1.807) is 0 Å². The number of carboxylic acid groups (broad SMARTS) is 1. The van der Waals surface area contributed by atoms with E-state index in [1.165, 1.54) is 0 Å². The minimum atomic E-state index is -4.69. The second-order valence-electron chi connectivity index (χ2n) is 3.59. The number of carboxylic acids is 1. The minimum absolute atomic E-state index is 0.129. The normalized spacial score (nSPS) is 11.5. The second kappa shape index (κ2) is 5.65. The molecule has 0 amide bonds. The van der Waals surface area contributed by atoms with Crippen LogP contribution in [0.25, 0.3) is 0 Å². The molecule has 100 valence electrons. The molecule has 0 aliphatic carbocycles. The number of halogens is 3. The summed E-state index contributed by atoms with van der Waals surface area (Å²) in [5.74, 6) is -2.67. The number of hydrogen-bond donors (Lipinski definition) is 1. The summed E-state index contributed by atoms with van der Waals surface area (Å²) >= 11 is 0. The van der Waals surface area contributed by atoms with Crippen molar-refractivity contribution < 1.29 is 32.4 Å².